The first-order valence-electron chi connectivity index (χ1n) is 10.5. The van der Waals surface area contributed by atoms with Crippen molar-refractivity contribution in [1.29, 1.82) is 0 Å². The van der Waals surface area contributed by atoms with E-state index in [9.17, 15) is 4.79 Å². The summed E-state index contributed by atoms with van der Waals surface area (Å²) in [7, 11) is 0. The number of aromatic nitrogens is 2. The van der Waals surface area contributed by atoms with E-state index in [0.717, 1.165) is 33.6 Å². The van der Waals surface area contributed by atoms with Gasteiger partial charge >= 0.3 is 0 Å². The van der Waals surface area contributed by atoms with E-state index in [4.69, 9.17) is 5.10 Å². The van der Waals surface area contributed by atoms with Crippen LogP contribution in [0.25, 0.3) is 16.9 Å². The van der Waals surface area contributed by atoms with E-state index in [1.165, 1.54) is 11.1 Å². The summed E-state index contributed by atoms with van der Waals surface area (Å²) >= 11 is 0. The van der Waals surface area contributed by atoms with Gasteiger partial charge in [0.1, 0.15) is 5.69 Å². The molecule has 0 aliphatic heterocycles. The van der Waals surface area contributed by atoms with Crippen LogP contribution in [0, 0.1) is 27.7 Å². The Bertz CT molecular complexity index is 1240. The van der Waals surface area contributed by atoms with Gasteiger partial charge in [0, 0.05) is 12.1 Å². The summed E-state index contributed by atoms with van der Waals surface area (Å²) < 4.78 is 1.77. The smallest absolute Gasteiger partial charge is 0.270 e. The number of hydrogen-bond donors (Lipinski definition) is 1. The lowest BCUT2D eigenvalue weighted by atomic mass is 10.0. The SMILES string of the molecule is Cc1ccc(C)c(-n2nc(-c3ccc(C)c(C)c3)cc2C(=O)NCc2ccccc2)c1. The molecule has 0 bridgehead atoms. The topological polar surface area (TPSA) is 46.9 Å². The van der Waals surface area contributed by atoms with Crippen molar-refractivity contribution < 1.29 is 4.79 Å². The minimum Gasteiger partial charge on any atom is -0.347 e. The van der Waals surface area contributed by atoms with Crippen LogP contribution in [0.15, 0.2) is 72.8 Å². The fraction of sp³-hybridized carbons (Fsp3) is 0.185. The number of nitrogens with zero attached hydrogens (tertiary/aromatic N) is 2. The van der Waals surface area contributed by atoms with Crippen LogP contribution in [0.1, 0.15) is 38.3 Å². The van der Waals surface area contributed by atoms with Gasteiger partial charge in [0.05, 0.1) is 11.4 Å². The highest BCUT2D eigenvalue weighted by atomic mass is 16.2. The van der Waals surface area contributed by atoms with Gasteiger partial charge in [-0.3, -0.25) is 4.79 Å². The average Bonchev–Trinajstić information content (AvgIpc) is 3.22. The molecule has 0 radical (unpaired) electrons. The third-order valence-corrected chi connectivity index (χ3v) is 5.63. The summed E-state index contributed by atoms with van der Waals surface area (Å²) in [4.78, 5) is 13.2. The lowest BCUT2D eigenvalue weighted by molar-refractivity contribution is 0.0943. The summed E-state index contributed by atoms with van der Waals surface area (Å²) in [5, 5.41) is 7.90. The summed E-state index contributed by atoms with van der Waals surface area (Å²) in [5.41, 5.74) is 8.92. The Kier molecular flexibility index (Phi) is 5.72. The second-order valence-corrected chi connectivity index (χ2v) is 8.08. The lowest BCUT2D eigenvalue weighted by Gasteiger charge is -2.11. The zero-order chi connectivity index (χ0) is 22.0. The molecular formula is C27H27N3O. The summed E-state index contributed by atoms with van der Waals surface area (Å²) in [5.74, 6) is -0.146. The molecule has 0 spiro atoms. The van der Waals surface area contributed by atoms with Crippen LogP contribution in [0.2, 0.25) is 0 Å². The van der Waals surface area contributed by atoms with Crippen molar-refractivity contribution in [2.24, 2.45) is 0 Å². The van der Waals surface area contributed by atoms with E-state index in [-0.39, 0.29) is 5.91 Å². The first-order chi connectivity index (χ1) is 14.9. The van der Waals surface area contributed by atoms with Gasteiger partial charge in [0.15, 0.2) is 0 Å². The van der Waals surface area contributed by atoms with Crippen LogP contribution in [-0.2, 0) is 6.54 Å². The van der Waals surface area contributed by atoms with Gasteiger partial charge in [-0.05, 0) is 73.7 Å². The maximum absolute atomic E-state index is 13.2. The molecule has 31 heavy (non-hydrogen) atoms. The highest BCUT2D eigenvalue weighted by Crippen LogP contribution is 2.25. The van der Waals surface area contributed by atoms with E-state index >= 15 is 0 Å². The van der Waals surface area contributed by atoms with E-state index in [2.05, 4.69) is 55.6 Å². The Hall–Kier alpha value is -3.66. The molecule has 0 unspecified atom stereocenters. The number of benzene rings is 3. The van der Waals surface area contributed by atoms with Crippen LogP contribution in [0.3, 0.4) is 0 Å². The first kappa shape index (κ1) is 20.6. The van der Waals surface area contributed by atoms with Crippen molar-refractivity contribution in [1.82, 2.24) is 15.1 Å². The number of aryl methyl sites for hydroxylation is 4. The zero-order valence-corrected chi connectivity index (χ0v) is 18.4. The maximum atomic E-state index is 13.2. The van der Waals surface area contributed by atoms with Gasteiger partial charge in [-0.25, -0.2) is 4.68 Å². The third-order valence-electron chi connectivity index (χ3n) is 5.63. The van der Waals surface area contributed by atoms with Crippen molar-refractivity contribution in [2.45, 2.75) is 34.2 Å². The van der Waals surface area contributed by atoms with Gasteiger partial charge in [-0.2, -0.15) is 5.10 Å². The minimum absolute atomic E-state index is 0.146. The Morgan fingerprint density at radius 3 is 2.32 bits per heavy atom. The molecule has 4 nitrogen and oxygen atoms in total. The fourth-order valence-corrected chi connectivity index (χ4v) is 3.58. The Morgan fingerprint density at radius 1 is 0.839 bits per heavy atom. The normalized spacial score (nSPS) is 10.8. The summed E-state index contributed by atoms with van der Waals surface area (Å²) in [6.07, 6.45) is 0. The van der Waals surface area contributed by atoms with E-state index in [1.807, 2.05) is 50.2 Å². The third kappa shape index (κ3) is 4.43. The minimum atomic E-state index is -0.146. The van der Waals surface area contributed by atoms with Gasteiger partial charge < -0.3 is 5.32 Å². The second kappa shape index (κ2) is 8.60. The number of hydrogen-bond acceptors (Lipinski definition) is 2. The zero-order valence-electron chi connectivity index (χ0n) is 18.4. The predicted molar refractivity (Wildman–Crippen MR) is 126 cm³/mol. The Balaban J connectivity index is 1.76. The van der Waals surface area contributed by atoms with Crippen LogP contribution < -0.4 is 5.32 Å². The van der Waals surface area contributed by atoms with E-state index < -0.39 is 0 Å². The first-order valence-corrected chi connectivity index (χ1v) is 10.5. The molecule has 1 aromatic heterocycles. The molecular weight excluding hydrogens is 382 g/mol. The highest BCUT2D eigenvalue weighted by Gasteiger charge is 2.19. The molecule has 4 aromatic rings. The molecule has 3 aromatic carbocycles. The maximum Gasteiger partial charge on any atom is 0.270 e. The molecule has 0 atom stereocenters. The van der Waals surface area contributed by atoms with Crippen LogP contribution >= 0.6 is 0 Å². The van der Waals surface area contributed by atoms with E-state index in [0.29, 0.717) is 12.2 Å². The highest BCUT2D eigenvalue weighted by molar-refractivity contribution is 5.94. The van der Waals surface area contributed by atoms with Crippen molar-refractivity contribution in [3.8, 4) is 16.9 Å². The number of rotatable bonds is 5. The van der Waals surface area contributed by atoms with Crippen LogP contribution in [0.4, 0.5) is 0 Å². The van der Waals surface area contributed by atoms with Crippen molar-refractivity contribution in [2.75, 3.05) is 0 Å². The van der Waals surface area contributed by atoms with Crippen molar-refractivity contribution in [3.63, 3.8) is 0 Å². The monoisotopic (exact) mass is 409 g/mol. The molecule has 4 rings (SSSR count). The van der Waals surface area contributed by atoms with Gasteiger partial charge in [0.2, 0.25) is 0 Å². The van der Waals surface area contributed by atoms with E-state index in [1.54, 1.807) is 4.68 Å². The number of carbonyl (C=O) groups excluding carboxylic acids is 1. The Morgan fingerprint density at radius 2 is 1.58 bits per heavy atom. The second-order valence-electron chi connectivity index (χ2n) is 8.08. The van der Waals surface area contributed by atoms with Crippen LogP contribution in [-0.4, -0.2) is 15.7 Å². The van der Waals surface area contributed by atoms with Gasteiger partial charge in [-0.15, -0.1) is 0 Å². The van der Waals surface area contributed by atoms with Gasteiger partial charge in [-0.1, -0.05) is 54.6 Å². The molecule has 0 fully saturated rings. The summed E-state index contributed by atoms with van der Waals surface area (Å²) in [6, 6.07) is 24.3. The van der Waals surface area contributed by atoms with Gasteiger partial charge in [0.25, 0.3) is 5.91 Å². The standard InChI is InChI=1S/C27H27N3O/c1-18-10-11-20(3)25(14-18)30-26(27(31)28-17-22-8-6-5-7-9-22)16-24(29-30)23-13-12-19(2)21(4)15-23/h5-16H,17H2,1-4H3,(H,28,31). The molecule has 0 aliphatic carbocycles. The molecule has 0 saturated carbocycles. The largest absolute Gasteiger partial charge is 0.347 e. The molecule has 1 heterocycles. The van der Waals surface area contributed by atoms with Crippen molar-refractivity contribution >= 4 is 5.91 Å². The molecule has 0 saturated heterocycles. The van der Waals surface area contributed by atoms with Crippen LogP contribution in [0.5, 0.6) is 0 Å². The molecule has 4 heteroatoms. The molecule has 1 amide bonds. The number of carbonyl (C=O) groups is 1. The lowest BCUT2D eigenvalue weighted by Crippen LogP contribution is -2.25. The Labute approximate surface area is 183 Å². The number of amides is 1. The van der Waals surface area contributed by atoms with Crippen molar-refractivity contribution in [3.05, 3.63) is 106 Å². The molecule has 1 N–H and O–H groups in total. The summed E-state index contributed by atoms with van der Waals surface area (Å²) in [6.45, 7) is 8.74. The quantitative estimate of drug-likeness (QED) is 0.459. The average molecular weight is 410 g/mol. The fourth-order valence-electron chi connectivity index (χ4n) is 3.58. The molecule has 0 aliphatic rings. The predicted octanol–water partition coefficient (Wildman–Crippen LogP) is 5.70. The molecule has 156 valence electrons. The number of nitrogens with one attached hydrogen (secondary N) is 1.